The summed E-state index contributed by atoms with van der Waals surface area (Å²) in [6.45, 7) is 4.28. The van der Waals surface area contributed by atoms with Crippen molar-refractivity contribution >= 4 is 11.8 Å². The lowest BCUT2D eigenvalue weighted by Crippen LogP contribution is -2.34. The van der Waals surface area contributed by atoms with Crippen LogP contribution in [0.5, 0.6) is 0 Å². The van der Waals surface area contributed by atoms with Gasteiger partial charge in [0.25, 0.3) is 0 Å². The summed E-state index contributed by atoms with van der Waals surface area (Å²) in [5, 5.41) is 13.1. The van der Waals surface area contributed by atoms with E-state index in [1.165, 1.54) is 44.6 Å². The highest BCUT2D eigenvalue weighted by Gasteiger charge is 2.24. The van der Waals surface area contributed by atoms with E-state index in [0.717, 1.165) is 11.6 Å². The summed E-state index contributed by atoms with van der Waals surface area (Å²) in [6.07, 6.45) is 9.61. The van der Waals surface area contributed by atoms with Crippen LogP contribution in [0.1, 0.15) is 36.8 Å². The van der Waals surface area contributed by atoms with Gasteiger partial charge in [0.1, 0.15) is 12.4 Å². The molecule has 6 nitrogen and oxygen atoms in total. The third-order valence-electron chi connectivity index (χ3n) is 4.64. The smallest absolute Gasteiger partial charge is 0.154 e. The molecule has 2 aromatic heterocycles. The van der Waals surface area contributed by atoms with E-state index in [1.807, 2.05) is 28.7 Å². The lowest BCUT2D eigenvalue weighted by atomic mass is 9.96. The maximum atomic E-state index is 4.47. The van der Waals surface area contributed by atoms with Crippen LogP contribution in [-0.2, 0) is 13.6 Å². The van der Waals surface area contributed by atoms with Gasteiger partial charge >= 0.3 is 0 Å². The number of hydrogen-bond acceptors (Lipinski definition) is 5. The first kappa shape index (κ1) is 16.5. The number of nitrogens with zero attached hydrogens (tertiary/aromatic N) is 6. The molecular weight excluding hydrogens is 308 g/mol. The van der Waals surface area contributed by atoms with Gasteiger partial charge in [-0.25, -0.2) is 0 Å². The molecule has 3 rings (SSSR count). The van der Waals surface area contributed by atoms with E-state index in [0.29, 0.717) is 12.5 Å². The van der Waals surface area contributed by atoms with Gasteiger partial charge in [0.05, 0.1) is 0 Å². The molecule has 23 heavy (non-hydrogen) atoms. The van der Waals surface area contributed by atoms with Gasteiger partial charge in [-0.2, -0.15) is 16.9 Å². The van der Waals surface area contributed by atoms with E-state index in [4.69, 9.17) is 0 Å². The SMILES string of the molecule is CSCCCN1CCC(c2nnc(Cn3cccn3)n2C)CC1. The lowest BCUT2D eigenvalue weighted by Gasteiger charge is -2.31. The van der Waals surface area contributed by atoms with Gasteiger partial charge in [0.15, 0.2) is 5.82 Å². The van der Waals surface area contributed by atoms with Crippen molar-refractivity contribution in [1.82, 2.24) is 29.4 Å². The number of rotatable bonds is 7. The van der Waals surface area contributed by atoms with Gasteiger partial charge in [-0.1, -0.05) is 0 Å². The molecule has 1 fully saturated rings. The number of hydrogen-bond donors (Lipinski definition) is 0. The first-order chi connectivity index (χ1) is 11.3. The van der Waals surface area contributed by atoms with E-state index >= 15 is 0 Å². The van der Waals surface area contributed by atoms with E-state index in [9.17, 15) is 0 Å². The number of aromatic nitrogens is 5. The summed E-state index contributed by atoms with van der Waals surface area (Å²) in [5.41, 5.74) is 0. The Bertz CT molecular complexity index is 586. The highest BCUT2D eigenvalue weighted by atomic mass is 32.2. The van der Waals surface area contributed by atoms with Crippen LogP contribution in [0.3, 0.4) is 0 Å². The summed E-state index contributed by atoms with van der Waals surface area (Å²) < 4.78 is 4.05. The Morgan fingerprint density at radius 2 is 2.09 bits per heavy atom. The van der Waals surface area contributed by atoms with E-state index in [2.05, 4.69) is 38.1 Å². The Balaban J connectivity index is 1.55. The highest BCUT2D eigenvalue weighted by Crippen LogP contribution is 2.27. The van der Waals surface area contributed by atoms with Gasteiger partial charge in [-0.05, 0) is 57.0 Å². The minimum atomic E-state index is 0.538. The second-order valence-electron chi connectivity index (χ2n) is 6.20. The third-order valence-corrected chi connectivity index (χ3v) is 5.33. The molecule has 3 heterocycles. The van der Waals surface area contributed by atoms with Crippen LogP contribution in [0.15, 0.2) is 18.5 Å². The molecule has 1 aliphatic rings. The van der Waals surface area contributed by atoms with Crippen molar-refractivity contribution < 1.29 is 0 Å². The minimum absolute atomic E-state index is 0.538. The van der Waals surface area contributed by atoms with Crippen molar-refractivity contribution in [1.29, 1.82) is 0 Å². The molecule has 0 N–H and O–H groups in total. The molecule has 0 aromatic carbocycles. The third kappa shape index (κ3) is 4.14. The Labute approximate surface area is 142 Å². The Hall–Kier alpha value is -1.34. The van der Waals surface area contributed by atoms with Crippen molar-refractivity contribution in [2.75, 3.05) is 31.6 Å². The highest BCUT2D eigenvalue weighted by molar-refractivity contribution is 7.98. The molecule has 0 radical (unpaired) electrons. The van der Waals surface area contributed by atoms with Crippen LogP contribution in [0.25, 0.3) is 0 Å². The fourth-order valence-corrected chi connectivity index (χ4v) is 3.67. The average molecular weight is 334 g/mol. The predicted octanol–water partition coefficient (Wildman–Crippen LogP) is 1.99. The normalized spacial score (nSPS) is 17.0. The maximum absolute atomic E-state index is 4.47. The number of likely N-dealkylation sites (tertiary alicyclic amines) is 1. The van der Waals surface area contributed by atoms with E-state index in [-0.39, 0.29) is 0 Å². The van der Waals surface area contributed by atoms with Crippen LogP contribution in [0.2, 0.25) is 0 Å². The number of piperidine rings is 1. The standard InChI is InChI=1S/C16H26N6S/c1-20-15(13-22-9-3-7-17-22)18-19-16(20)14-5-10-21(11-6-14)8-4-12-23-2/h3,7,9,14H,4-6,8,10-13H2,1-2H3. The molecule has 0 amide bonds. The first-order valence-corrected chi connectivity index (χ1v) is 9.74. The summed E-state index contributed by atoms with van der Waals surface area (Å²) in [5.74, 6) is 3.91. The molecule has 2 aromatic rings. The zero-order valence-corrected chi connectivity index (χ0v) is 14.9. The topological polar surface area (TPSA) is 51.8 Å². The Kier molecular flexibility index (Phi) is 5.72. The van der Waals surface area contributed by atoms with Gasteiger partial charge < -0.3 is 9.47 Å². The summed E-state index contributed by atoms with van der Waals surface area (Å²) in [4.78, 5) is 2.59. The molecule has 126 valence electrons. The summed E-state index contributed by atoms with van der Waals surface area (Å²) in [7, 11) is 2.08. The van der Waals surface area contributed by atoms with Crippen molar-refractivity contribution in [3.05, 3.63) is 30.1 Å². The largest absolute Gasteiger partial charge is 0.316 e. The minimum Gasteiger partial charge on any atom is -0.316 e. The van der Waals surface area contributed by atoms with Crippen molar-refractivity contribution in [2.24, 2.45) is 7.05 Å². The monoisotopic (exact) mass is 334 g/mol. The summed E-state index contributed by atoms with van der Waals surface area (Å²) in [6, 6.07) is 1.93. The summed E-state index contributed by atoms with van der Waals surface area (Å²) >= 11 is 1.94. The van der Waals surface area contributed by atoms with Gasteiger partial charge in [-0.3, -0.25) is 4.68 Å². The molecule has 1 aliphatic heterocycles. The predicted molar refractivity (Wildman–Crippen MR) is 93.7 cm³/mol. The molecule has 0 bridgehead atoms. The molecule has 7 heteroatoms. The van der Waals surface area contributed by atoms with E-state index < -0.39 is 0 Å². The molecule has 0 unspecified atom stereocenters. The van der Waals surface area contributed by atoms with E-state index in [1.54, 1.807) is 6.20 Å². The van der Waals surface area contributed by atoms with Crippen LogP contribution in [0, 0.1) is 0 Å². The van der Waals surface area contributed by atoms with Crippen LogP contribution in [0.4, 0.5) is 0 Å². The van der Waals surface area contributed by atoms with Gasteiger partial charge in [-0.15, -0.1) is 10.2 Å². The molecule has 0 saturated carbocycles. The second kappa shape index (κ2) is 7.97. The molecule has 0 atom stereocenters. The van der Waals surface area contributed by atoms with Crippen LogP contribution in [-0.4, -0.2) is 61.1 Å². The van der Waals surface area contributed by atoms with Crippen LogP contribution < -0.4 is 0 Å². The van der Waals surface area contributed by atoms with Crippen molar-refractivity contribution in [2.45, 2.75) is 31.7 Å². The van der Waals surface area contributed by atoms with Crippen molar-refractivity contribution in [3.63, 3.8) is 0 Å². The fraction of sp³-hybridized carbons (Fsp3) is 0.688. The first-order valence-electron chi connectivity index (χ1n) is 8.35. The average Bonchev–Trinajstić information content (AvgIpc) is 3.20. The van der Waals surface area contributed by atoms with Crippen LogP contribution >= 0.6 is 11.8 Å². The molecular formula is C16H26N6S. The Morgan fingerprint density at radius 1 is 1.26 bits per heavy atom. The zero-order valence-electron chi connectivity index (χ0n) is 14.1. The molecule has 0 aliphatic carbocycles. The Morgan fingerprint density at radius 3 is 2.78 bits per heavy atom. The second-order valence-corrected chi connectivity index (χ2v) is 7.18. The maximum Gasteiger partial charge on any atom is 0.154 e. The zero-order chi connectivity index (χ0) is 16.1. The number of thioether (sulfide) groups is 1. The molecule has 0 spiro atoms. The molecule has 1 saturated heterocycles. The lowest BCUT2D eigenvalue weighted by molar-refractivity contribution is 0.209. The van der Waals surface area contributed by atoms with Gasteiger partial charge in [0, 0.05) is 25.4 Å². The van der Waals surface area contributed by atoms with Crippen molar-refractivity contribution in [3.8, 4) is 0 Å². The van der Waals surface area contributed by atoms with Gasteiger partial charge in [0.2, 0.25) is 0 Å². The quantitative estimate of drug-likeness (QED) is 0.725. The fourth-order valence-electron chi connectivity index (χ4n) is 3.25.